The third-order valence-electron chi connectivity index (χ3n) is 5.84. The number of H-pyrrole nitrogens is 2. The van der Waals surface area contributed by atoms with Crippen LogP contribution in [0.25, 0.3) is 33.1 Å². The van der Waals surface area contributed by atoms with E-state index in [9.17, 15) is 31.1 Å². The number of aromatic amines is 2. The molecule has 0 amide bonds. The predicted octanol–water partition coefficient (Wildman–Crippen LogP) is 7.03. The second-order valence-electron chi connectivity index (χ2n) is 8.64. The minimum absolute atomic E-state index is 0.000671. The fourth-order valence-electron chi connectivity index (χ4n) is 3.98. The Labute approximate surface area is 222 Å². The highest BCUT2D eigenvalue weighted by Crippen LogP contribution is 2.41. The summed E-state index contributed by atoms with van der Waals surface area (Å²) >= 11 is 1.39. The van der Waals surface area contributed by atoms with Crippen LogP contribution in [0.2, 0.25) is 0 Å². The highest BCUT2D eigenvalue weighted by molar-refractivity contribution is 7.15. The van der Waals surface area contributed by atoms with E-state index in [0.29, 0.717) is 10.4 Å². The maximum absolute atomic E-state index is 14.1. The van der Waals surface area contributed by atoms with Gasteiger partial charge >= 0.3 is 12.4 Å². The van der Waals surface area contributed by atoms with Crippen molar-refractivity contribution in [3.8, 4) is 38.8 Å². The van der Waals surface area contributed by atoms with Gasteiger partial charge in [0, 0.05) is 33.0 Å². The molecule has 14 heteroatoms. The molecule has 3 aromatic heterocycles. The van der Waals surface area contributed by atoms with Gasteiger partial charge in [0.25, 0.3) is 5.56 Å². The number of pyridine rings is 1. The van der Waals surface area contributed by atoms with Gasteiger partial charge in [0.2, 0.25) is 5.82 Å². The van der Waals surface area contributed by atoms with Crippen molar-refractivity contribution in [2.45, 2.75) is 51.4 Å². The summed E-state index contributed by atoms with van der Waals surface area (Å²) in [5, 5.41) is 13.5. The first-order valence-corrected chi connectivity index (χ1v) is 12.8. The Balaban J connectivity index is 1.67. The Hall–Kier alpha value is -3.68. The first-order valence-electron chi connectivity index (χ1n) is 12.0. The number of benzene rings is 1. The molecule has 0 saturated heterocycles. The maximum Gasteiger partial charge on any atom is 0.417 e. The molecule has 0 aliphatic heterocycles. The van der Waals surface area contributed by atoms with Crippen molar-refractivity contribution in [1.82, 2.24) is 25.6 Å². The van der Waals surface area contributed by atoms with Crippen LogP contribution in [0.4, 0.5) is 26.3 Å². The number of nitrogens with one attached hydrogen (secondary N) is 2. The van der Waals surface area contributed by atoms with Gasteiger partial charge in [-0.1, -0.05) is 6.92 Å². The fourth-order valence-corrected chi connectivity index (χ4v) is 4.95. The Kier molecular flexibility index (Phi) is 8.42. The lowest BCUT2D eigenvalue weighted by atomic mass is 9.99. The maximum atomic E-state index is 14.1. The van der Waals surface area contributed by atoms with E-state index in [1.54, 1.807) is 6.07 Å². The van der Waals surface area contributed by atoms with Crippen molar-refractivity contribution in [3.05, 3.63) is 57.2 Å². The van der Waals surface area contributed by atoms with E-state index in [1.165, 1.54) is 29.5 Å². The third-order valence-corrected chi connectivity index (χ3v) is 7.10. The van der Waals surface area contributed by atoms with Crippen LogP contribution in [0, 0.1) is 0 Å². The van der Waals surface area contributed by atoms with Gasteiger partial charge in [0.05, 0.1) is 17.7 Å². The second kappa shape index (κ2) is 11.6. The molecule has 0 saturated carbocycles. The summed E-state index contributed by atoms with van der Waals surface area (Å²) in [6.07, 6.45) is -8.82. The van der Waals surface area contributed by atoms with E-state index in [0.717, 1.165) is 17.4 Å². The standard InChI is InChI=1S/C25H23F6N5O2S/c1-2-15-7-9-20(39-15)17-13-19(32-23(37)21(17)22-33-35-36-34-22)16-8-6-14(12-18(16)25(29,30)31)38-11-5-3-4-10-24(26,27)28/h6-9,12-13H,2-5,10-11H2,1H3,(H,32,37)(H,33,34,35,36). The van der Waals surface area contributed by atoms with Crippen molar-refractivity contribution in [2.24, 2.45) is 0 Å². The molecular weight excluding hydrogens is 548 g/mol. The number of hydrogen-bond donors (Lipinski definition) is 2. The molecule has 208 valence electrons. The summed E-state index contributed by atoms with van der Waals surface area (Å²) in [4.78, 5) is 17.3. The number of rotatable bonds is 10. The van der Waals surface area contributed by atoms with E-state index in [4.69, 9.17) is 4.74 Å². The summed E-state index contributed by atoms with van der Waals surface area (Å²) in [6, 6.07) is 8.43. The van der Waals surface area contributed by atoms with Gasteiger partial charge in [-0.05, 0) is 67.3 Å². The molecule has 3 heterocycles. The van der Waals surface area contributed by atoms with E-state index in [2.05, 4.69) is 25.6 Å². The average molecular weight is 572 g/mol. The summed E-state index contributed by atoms with van der Waals surface area (Å²) < 4.78 is 84.5. The fraction of sp³-hybridized carbons (Fsp3) is 0.360. The van der Waals surface area contributed by atoms with Crippen LogP contribution in [0.3, 0.4) is 0 Å². The zero-order valence-electron chi connectivity index (χ0n) is 20.5. The quantitative estimate of drug-likeness (QED) is 0.157. The lowest BCUT2D eigenvalue weighted by molar-refractivity contribution is -0.137. The van der Waals surface area contributed by atoms with Crippen LogP contribution < -0.4 is 10.3 Å². The second-order valence-corrected chi connectivity index (χ2v) is 9.80. The van der Waals surface area contributed by atoms with E-state index >= 15 is 0 Å². The molecule has 4 aromatic rings. The number of halogens is 6. The Bertz CT molecular complexity index is 1460. The number of tetrazole rings is 1. The minimum Gasteiger partial charge on any atom is -0.494 e. The SMILES string of the molecule is CCc1ccc(-c2cc(-c3ccc(OCCCCCC(F)(F)F)cc3C(F)(F)F)[nH]c(=O)c2-c2nn[nH]n2)s1. The van der Waals surface area contributed by atoms with Gasteiger partial charge in [-0.15, -0.1) is 21.5 Å². The van der Waals surface area contributed by atoms with Crippen molar-refractivity contribution >= 4 is 11.3 Å². The highest BCUT2D eigenvalue weighted by atomic mass is 32.1. The van der Waals surface area contributed by atoms with Crippen molar-refractivity contribution < 1.29 is 31.1 Å². The summed E-state index contributed by atoms with van der Waals surface area (Å²) in [5.41, 5.74) is -1.65. The Morgan fingerprint density at radius 1 is 0.974 bits per heavy atom. The third kappa shape index (κ3) is 7.05. The zero-order valence-corrected chi connectivity index (χ0v) is 21.4. The smallest absolute Gasteiger partial charge is 0.417 e. The Morgan fingerprint density at radius 2 is 1.77 bits per heavy atom. The highest BCUT2D eigenvalue weighted by Gasteiger charge is 2.35. The van der Waals surface area contributed by atoms with Gasteiger partial charge < -0.3 is 9.72 Å². The molecule has 7 nitrogen and oxygen atoms in total. The van der Waals surface area contributed by atoms with Gasteiger partial charge in [-0.2, -0.15) is 31.6 Å². The predicted molar refractivity (Wildman–Crippen MR) is 133 cm³/mol. The molecule has 0 aliphatic rings. The van der Waals surface area contributed by atoms with Crippen molar-refractivity contribution in [2.75, 3.05) is 6.61 Å². The monoisotopic (exact) mass is 571 g/mol. The first kappa shape index (κ1) is 28.3. The molecule has 0 unspecified atom stereocenters. The minimum atomic E-state index is -4.79. The molecule has 0 aliphatic carbocycles. The molecule has 0 atom stereocenters. The van der Waals surface area contributed by atoms with Gasteiger partial charge in [0.15, 0.2) is 0 Å². The number of ether oxygens (including phenoxy) is 1. The van der Waals surface area contributed by atoms with Crippen LogP contribution in [-0.2, 0) is 12.6 Å². The zero-order chi connectivity index (χ0) is 28.2. The van der Waals surface area contributed by atoms with Gasteiger partial charge in [-0.25, -0.2) is 0 Å². The lowest BCUT2D eigenvalue weighted by Crippen LogP contribution is -2.14. The largest absolute Gasteiger partial charge is 0.494 e. The van der Waals surface area contributed by atoms with Gasteiger partial charge in [0.1, 0.15) is 5.75 Å². The van der Waals surface area contributed by atoms with Crippen LogP contribution in [0.15, 0.2) is 41.2 Å². The normalized spacial score (nSPS) is 12.2. The van der Waals surface area contributed by atoms with Crippen LogP contribution in [0.5, 0.6) is 5.75 Å². The molecule has 2 N–H and O–H groups in total. The molecule has 0 bridgehead atoms. The molecule has 0 radical (unpaired) electrons. The summed E-state index contributed by atoms with van der Waals surface area (Å²) in [6.45, 7) is 1.92. The average Bonchev–Trinajstić information content (AvgIpc) is 3.57. The van der Waals surface area contributed by atoms with E-state index in [1.807, 2.05) is 13.0 Å². The molecule has 0 spiro atoms. The number of nitrogens with zero attached hydrogens (tertiary/aromatic N) is 3. The number of unbranched alkanes of at least 4 members (excludes halogenated alkanes) is 2. The summed E-state index contributed by atoms with van der Waals surface area (Å²) in [5.74, 6) is -0.0852. The molecule has 0 fully saturated rings. The topological polar surface area (TPSA) is 96.5 Å². The molecule has 1 aromatic carbocycles. The number of hydrogen-bond acceptors (Lipinski definition) is 6. The Morgan fingerprint density at radius 3 is 2.41 bits per heavy atom. The van der Waals surface area contributed by atoms with E-state index < -0.39 is 29.9 Å². The van der Waals surface area contributed by atoms with Crippen LogP contribution in [0.1, 0.15) is 43.0 Å². The molecular formula is C25H23F6N5O2S. The lowest BCUT2D eigenvalue weighted by Gasteiger charge is -2.16. The number of thiophene rings is 1. The van der Waals surface area contributed by atoms with Crippen molar-refractivity contribution in [3.63, 3.8) is 0 Å². The number of aryl methyl sites for hydroxylation is 1. The first-order chi connectivity index (χ1) is 18.5. The summed E-state index contributed by atoms with van der Waals surface area (Å²) in [7, 11) is 0. The number of aromatic nitrogens is 5. The molecule has 4 rings (SSSR count). The van der Waals surface area contributed by atoms with Crippen LogP contribution >= 0.6 is 11.3 Å². The van der Waals surface area contributed by atoms with Gasteiger partial charge in [-0.3, -0.25) is 4.79 Å². The van der Waals surface area contributed by atoms with Crippen LogP contribution in [-0.4, -0.2) is 38.4 Å². The molecule has 39 heavy (non-hydrogen) atoms. The number of alkyl halides is 6. The van der Waals surface area contributed by atoms with E-state index in [-0.39, 0.29) is 54.3 Å². The van der Waals surface area contributed by atoms with Crippen molar-refractivity contribution in [1.29, 1.82) is 0 Å².